The summed E-state index contributed by atoms with van der Waals surface area (Å²) in [5.74, 6) is -0.276. The van der Waals surface area contributed by atoms with Gasteiger partial charge in [0, 0.05) is 0 Å². The van der Waals surface area contributed by atoms with Crippen molar-refractivity contribution in [2.24, 2.45) is 0 Å². The van der Waals surface area contributed by atoms with Crippen molar-refractivity contribution in [2.75, 3.05) is 13.2 Å². The molecule has 1 fully saturated rings. The van der Waals surface area contributed by atoms with Gasteiger partial charge in [-0.3, -0.25) is 14.5 Å². The highest BCUT2D eigenvalue weighted by molar-refractivity contribution is 9.10. The van der Waals surface area contributed by atoms with E-state index in [2.05, 4.69) is 15.9 Å². The molecular formula is C24H22BrCl2NO6S. The van der Waals surface area contributed by atoms with Gasteiger partial charge in [0.05, 0.1) is 32.6 Å². The zero-order valence-electron chi connectivity index (χ0n) is 19.1. The Kier molecular flexibility index (Phi) is 9.52. The normalized spacial score (nSPS) is 15.5. The molecule has 2 amide bonds. The number of thioether (sulfide) groups is 1. The molecule has 3 rings (SSSR count). The molecule has 1 aliphatic rings. The Balaban J connectivity index is 1.85. The molecule has 1 heterocycles. The van der Waals surface area contributed by atoms with Gasteiger partial charge in [0.1, 0.15) is 12.6 Å². The summed E-state index contributed by atoms with van der Waals surface area (Å²) in [7, 11) is 0. The molecule has 0 radical (unpaired) electrons. The second-order valence-electron chi connectivity index (χ2n) is 7.28. The van der Waals surface area contributed by atoms with Crippen LogP contribution in [-0.4, -0.2) is 41.3 Å². The van der Waals surface area contributed by atoms with E-state index in [1.54, 1.807) is 37.3 Å². The van der Waals surface area contributed by atoms with Crippen molar-refractivity contribution >= 4 is 74.1 Å². The molecule has 0 saturated carbocycles. The van der Waals surface area contributed by atoms with E-state index in [0.29, 0.717) is 38.2 Å². The fourth-order valence-corrected chi connectivity index (χ4v) is 5.00. The molecule has 11 heteroatoms. The molecule has 186 valence electrons. The standard InChI is InChI=1S/C24H22BrCl2NO6S/c1-4-32-19-10-15(8-16(25)21(19)34-12-14-6-7-17(26)18(27)9-14)11-20-22(29)28(24(31)35-20)13(3)23(30)33-5-2/h6-11,13H,4-5,12H2,1-3H3/b20-11+/t13-/m1/s1. The molecule has 0 spiro atoms. The summed E-state index contributed by atoms with van der Waals surface area (Å²) >= 11 is 16.3. The summed E-state index contributed by atoms with van der Waals surface area (Å²) in [6, 6.07) is 7.66. The van der Waals surface area contributed by atoms with Crippen molar-refractivity contribution in [3.05, 3.63) is 60.9 Å². The lowest BCUT2D eigenvalue weighted by Crippen LogP contribution is -2.42. The topological polar surface area (TPSA) is 82.1 Å². The third kappa shape index (κ3) is 6.52. The summed E-state index contributed by atoms with van der Waals surface area (Å²) in [6.45, 7) is 5.71. The molecule has 0 unspecified atom stereocenters. The van der Waals surface area contributed by atoms with E-state index in [0.717, 1.165) is 22.2 Å². The molecule has 1 saturated heterocycles. The first-order valence-corrected chi connectivity index (χ1v) is 13.0. The average molecular weight is 603 g/mol. The van der Waals surface area contributed by atoms with Crippen LogP contribution in [0.3, 0.4) is 0 Å². The number of hydrogen-bond acceptors (Lipinski definition) is 7. The van der Waals surface area contributed by atoms with Crippen molar-refractivity contribution in [1.29, 1.82) is 0 Å². The van der Waals surface area contributed by atoms with Gasteiger partial charge in [-0.15, -0.1) is 0 Å². The Morgan fingerprint density at radius 2 is 1.86 bits per heavy atom. The predicted octanol–water partition coefficient (Wildman–Crippen LogP) is 6.72. The van der Waals surface area contributed by atoms with E-state index in [-0.39, 0.29) is 18.1 Å². The Labute approximate surface area is 225 Å². The average Bonchev–Trinajstić information content (AvgIpc) is 3.08. The summed E-state index contributed by atoms with van der Waals surface area (Å²) < 4.78 is 17.3. The Hall–Kier alpha value is -2.20. The van der Waals surface area contributed by atoms with E-state index in [4.69, 9.17) is 37.4 Å². The number of carbonyl (C=O) groups is 3. The number of halogens is 3. The van der Waals surface area contributed by atoms with Gasteiger partial charge < -0.3 is 14.2 Å². The third-order valence-corrected chi connectivity index (χ3v) is 7.05. The van der Waals surface area contributed by atoms with E-state index in [9.17, 15) is 14.4 Å². The highest BCUT2D eigenvalue weighted by atomic mass is 79.9. The van der Waals surface area contributed by atoms with Gasteiger partial charge in [0.15, 0.2) is 11.5 Å². The molecule has 0 bridgehead atoms. The molecular weight excluding hydrogens is 581 g/mol. The van der Waals surface area contributed by atoms with Crippen molar-refractivity contribution < 1.29 is 28.6 Å². The monoisotopic (exact) mass is 601 g/mol. The summed E-state index contributed by atoms with van der Waals surface area (Å²) in [6.07, 6.45) is 1.57. The Bertz CT molecular complexity index is 1190. The number of imide groups is 1. The molecule has 0 aromatic heterocycles. The van der Waals surface area contributed by atoms with Gasteiger partial charge in [-0.2, -0.15) is 0 Å². The van der Waals surface area contributed by atoms with Gasteiger partial charge in [-0.05, 0) is 89.9 Å². The zero-order valence-corrected chi connectivity index (χ0v) is 23.0. The maximum atomic E-state index is 12.9. The van der Waals surface area contributed by atoms with Crippen LogP contribution in [-0.2, 0) is 20.9 Å². The number of rotatable bonds is 9. The lowest BCUT2D eigenvalue weighted by Gasteiger charge is -2.19. The van der Waals surface area contributed by atoms with Crippen molar-refractivity contribution in [1.82, 2.24) is 4.90 Å². The van der Waals surface area contributed by atoms with Crippen LogP contribution in [0.4, 0.5) is 4.79 Å². The van der Waals surface area contributed by atoms with E-state index in [1.807, 2.05) is 13.0 Å². The first kappa shape index (κ1) is 27.4. The number of ether oxygens (including phenoxy) is 3. The molecule has 7 nitrogen and oxygen atoms in total. The second kappa shape index (κ2) is 12.2. The fraction of sp³-hybridized carbons (Fsp3) is 0.292. The maximum absolute atomic E-state index is 12.9. The number of hydrogen-bond donors (Lipinski definition) is 0. The lowest BCUT2D eigenvalue weighted by molar-refractivity contribution is -0.150. The highest BCUT2D eigenvalue weighted by Gasteiger charge is 2.41. The second-order valence-corrected chi connectivity index (χ2v) is 9.94. The van der Waals surface area contributed by atoms with Gasteiger partial charge in [-0.1, -0.05) is 29.3 Å². The Morgan fingerprint density at radius 1 is 1.11 bits per heavy atom. The van der Waals surface area contributed by atoms with Gasteiger partial charge >= 0.3 is 5.97 Å². The lowest BCUT2D eigenvalue weighted by atomic mass is 10.1. The van der Waals surface area contributed by atoms with Gasteiger partial charge in [0.25, 0.3) is 11.1 Å². The van der Waals surface area contributed by atoms with E-state index >= 15 is 0 Å². The third-order valence-electron chi connectivity index (χ3n) is 4.84. The van der Waals surface area contributed by atoms with Crippen LogP contribution in [0.15, 0.2) is 39.7 Å². The maximum Gasteiger partial charge on any atom is 0.329 e. The van der Waals surface area contributed by atoms with Crippen LogP contribution in [0.1, 0.15) is 31.9 Å². The minimum Gasteiger partial charge on any atom is -0.490 e. The highest BCUT2D eigenvalue weighted by Crippen LogP contribution is 2.40. The largest absolute Gasteiger partial charge is 0.490 e. The minimum absolute atomic E-state index is 0.156. The van der Waals surface area contributed by atoms with Crippen LogP contribution < -0.4 is 9.47 Å². The number of amides is 2. The number of carbonyl (C=O) groups excluding carboxylic acids is 3. The number of benzene rings is 2. The fourth-order valence-electron chi connectivity index (χ4n) is 3.19. The predicted molar refractivity (Wildman–Crippen MR) is 140 cm³/mol. The summed E-state index contributed by atoms with van der Waals surface area (Å²) in [5, 5.41) is 0.350. The minimum atomic E-state index is -1.02. The van der Waals surface area contributed by atoms with Crippen LogP contribution in [0.5, 0.6) is 11.5 Å². The quantitative estimate of drug-likeness (QED) is 0.233. The molecule has 2 aromatic rings. The van der Waals surface area contributed by atoms with Crippen molar-refractivity contribution in [2.45, 2.75) is 33.4 Å². The molecule has 0 aliphatic carbocycles. The van der Waals surface area contributed by atoms with Crippen LogP contribution >= 0.6 is 50.9 Å². The van der Waals surface area contributed by atoms with E-state index in [1.165, 1.54) is 6.92 Å². The summed E-state index contributed by atoms with van der Waals surface area (Å²) in [4.78, 5) is 38.4. The smallest absolute Gasteiger partial charge is 0.329 e. The zero-order chi connectivity index (χ0) is 25.7. The first-order chi connectivity index (χ1) is 16.7. The molecule has 1 atom stereocenters. The van der Waals surface area contributed by atoms with Gasteiger partial charge in [-0.25, -0.2) is 4.79 Å². The molecule has 35 heavy (non-hydrogen) atoms. The number of esters is 1. The molecule has 0 N–H and O–H groups in total. The molecule has 2 aromatic carbocycles. The van der Waals surface area contributed by atoms with Crippen LogP contribution in [0.2, 0.25) is 10.0 Å². The Morgan fingerprint density at radius 3 is 2.51 bits per heavy atom. The van der Waals surface area contributed by atoms with Crippen molar-refractivity contribution in [3.63, 3.8) is 0 Å². The van der Waals surface area contributed by atoms with E-state index < -0.39 is 23.2 Å². The van der Waals surface area contributed by atoms with Gasteiger partial charge in [0.2, 0.25) is 0 Å². The number of nitrogens with zero attached hydrogens (tertiary/aromatic N) is 1. The summed E-state index contributed by atoms with van der Waals surface area (Å²) in [5.41, 5.74) is 1.43. The first-order valence-electron chi connectivity index (χ1n) is 10.6. The SMILES string of the molecule is CCOC(=O)[C@@H](C)N1C(=O)S/C(=C/c2cc(Br)c(OCc3ccc(Cl)c(Cl)c3)c(OCC)c2)C1=O. The van der Waals surface area contributed by atoms with Crippen LogP contribution in [0, 0.1) is 0 Å². The van der Waals surface area contributed by atoms with Crippen LogP contribution in [0.25, 0.3) is 6.08 Å². The van der Waals surface area contributed by atoms with Crippen molar-refractivity contribution in [3.8, 4) is 11.5 Å². The molecule has 1 aliphatic heterocycles.